The monoisotopic (exact) mass is 279 g/mol. The van der Waals surface area contributed by atoms with Crippen LogP contribution >= 0.6 is 0 Å². The molecule has 3 aliphatic heterocycles. The van der Waals surface area contributed by atoms with E-state index in [0.717, 1.165) is 12.1 Å². The molecule has 3 rings (SSSR count). The van der Waals surface area contributed by atoms with Crippen LogP contribution in [-0.2, 0) is 0 Å². The summed E-state index contributed by atoms with van der Waals surface area (Å²) in [6, 6.07) is 1.59. The van der Waals surface area contributed by atoms with Gasteiger partial charge < -0.3 is 9.80 Å². The standard InChI is InChI=1S/C17H33N3/c1-15(2)19-10-5-17(6-11-19)7-12-20(13-8-17)16-4-9-18(3)14-16/h15-16H,4-14H2,1-3H3. The van der Waals surface area contributed by atoms with Gasteiger partial charge in [0.1, 0.15) is 0 Å². The number of hydrogen-bond donors (Lipinski definition) is 0. The number of likely N-dealkylation sites (tertiary alicyclic amines) is 3. The summed E-state index contributed by atoms with van der Waals surface area (Å²) in [5.74, 6) is 0. The van der Waals surface area contributed by atoms with E-state index in [2.05, 4.69) is 35.6 Å². The lowest BCUT2D eigenvalue weighted by Gasteiger charge is -2.48. The van der Waals surface area contributed by atoms with Crippen molar-refractivity contribution in [2.24, 2.45) is 5.41 Å². The predicted molar refractivity (Wildman–Crippen MR) is 85.1 cm³/mol. The van der Waals surface area contributed by atoms with Gasteiger partial charge in [-0.2, -0.15) is 0 Å². The highest BCUT2D eigenvalue weighted by atomic mass is 15.2. The molecule has 0 bridgehead atoms. The Morgan fingerprint density at radius 2 is 1.50 bits per heavy atom. The third kappa shape index (κ3) is 3.05. The number of hydrogen-bond acceptors (Lipinski definition) is 3. The molecular formula is C17H33N3. The molecule has 3 heteroatoms. The second-order valence-electron chi connectivity index (χ2n) is 7.87. The molecule has 0 aliphatic carbocycles. The first-order chi connectivity index (χ1) is 9.58. The number of piperidine rings is 2. The molecule has 3 saturated heterocycles. The van der Waals surface area contributed by atoms with Gasteiger partial charge in [0.2, 0.25) is 0 Å². The van der Waals surface area contributed by atoms with Crippen LogP contribution in [0.25, 0.3) is 0 Å². The van der Waals surface area contributed by atoms with Gasteiger partial charge in [0.25, 0.3) is 0 Å². The molecule has 0 aromatic heterocycles. The van der Waals surface area contributed by atoms with Crippen LogP contribution in [0.2, 0.25) is 0 Å². The van der Waals surface area contributed by atoms with Crippen LogP contribution in [0.4, 0.5) is 0 Å². The summed E-state index contributed by atoms with van der Waals surface area (Å²) in [6.45, 7) is 12.7. The molecule has 0 aromatic carbocycles. The van der Waals surface area contributed by atoms with E-state index in [9.17, 15) is 0 Å². The van der Waals surface area contributed by atoms with E-state index in [-0.39, 0.29) is 0 Å². The summed E-state index contributed by atoms with van der Waals surface area (Å²) in [4.78, 5) is 7.96. The van der Waals surface area contributed by atoms with Crippen LogP contribution in [0.3, 0.4) is 0 Å². The number of nitrogens with zero attached hydrogens (tertiary/aromatic N) is 3. The van der Waals surface area contributed by atoms with Gasteiger partial charge in [-0.05, 0) is 91.1 Å². The minimum Gasteiger partial charge on any atom is -0.305 e. The molecule has 3 nitrogen and oxygen atoms in total. The zero-order valence-electron chi connectivity index (χ0n) is 13.8. The lowest BCUT2D eigenvalue weighted by molar-refractivity contribution is 0.0137. The van der Waals surface area contributed by atoms with E-state index in [1.54, 1.807) is 0 Å². The van der Waals surface area contributed by atoms with Crippen molar-refractivity contribution in [1.82, 2.24) is 14.7 Å². The fourth-order valence-corrected chi connectivity index (χ4v) is 4.59. The third-order valence-electron chi connectivity index (χ3n) is 6.33. The molecule has 3 fully saturated rings. The van der Waals surface area contributed by atoms with Crippen LogP contribution in [0.5, 0.6) is 0 Å². The molecule has 0 amide bonds. The van der Waals surface area contributed by atoms with E-state index >= 15 is 0 Å². The van der Waals surface area contributed by atoms with Crippen molar-refractivity contribution < 1.29 is 0 Å². The summed E-state index contributed by atoms with van der Waals surface area (Å²) >= 11 is 0. The second kappa shape index (κ2) is 5.94. The van der Waals surface area contributed by atoms with Crippen LogP contribution in [-0.4, -0.2) is 73.1 Å². The summed E-state index contributed by atoms with van der Waals surface area (Å²) in [7, 11) is 2.27. The predicted octanol–water partition coefficient (Wildman–Crippen LogP) is 2.28. The van der Waals surface area contributed by atoms with Gasteiger partial charge in [-0.1, -0.05) is 0 Å². The quantitative estimate of drug-likeness (QED) is 0.768. The van der Waals surface area contributed by atoms with Crippen molar-refractivity contribution in [3.8, 4) is 0 Å². The summed E-state index contributed by atoms with van der Waals surface area (Å²) in [5.41, 5.74) is 0.701. The minimum atomic E-state index is 0.701. The molecule has 3 heterocycles. The Balaban J connectivity index is 1.49. The maximum Gasteiger partial charge on any atom is 0.0235 e. The first kappa shape index (κ1) is 14.8. The van der Waals surface area contributed by atoms with Crippen LogP contribution in [0.1, 0.15) is 46.0 Å². The van der Waals surface area contributed by atoms with Gasteiger partial charge in [-0.25, -0.2) is 0 Å². The topological polar surface area (TPSA) is 9.72 Å². The smallest absolute Gasteiger partial charge is 0.0235 e. The van der Waals surface area contributed by atoms with Crippen molar-refractivity contribution in [3.05, 3.63) is 0 Å². The van der Waals surface area contributed by atoms with Crippen molar-refractivity contribution >= 4 is 0 Å². The molecule has 116 valence electrons. The van der Waals surface area contributed by atoms with Crippen LogP contribution < -0.4 is 0 Å². The molecule has 20 heavy (non-hydrogen) atoms. The van der Waals surface area contributed by atoms with Crippen molar-refractivity contribution in [2.75, 3.05) is 46.3 Å². The summed E-state index contributed by atoms with van der Waals surface area (Å²) in [6.07, 6.45) is 7.20. The second-order valence-corrected chi connectivity index (χ2v) is 7.87. The highest BCUT2D eigenvalue weighted by Crippen LogP contribution is 2.42. The zero-order valence-corrected chi connectivity index (χ0v) is 13.8. The normalized spacial score (nSPS) is 33.3. The Labute approximate surface area is 125 Å². The van der Waals surface area contributed by atoms with Gasteiger partial charge in [0.15, 0.2) is 0 Å². The Kier molecular flexibility index (Phi) is 4.40. The van der Waals surface area contributed by atoms with Gasteiger partial charge in [-0.3, -0.25) is 4.90 Å². The Morgan fingerprint density at radius 1 is 0.900 bits per heavy atom. The van der Waals surface area contributed by atoms with E-state index in [1.165, 1.54) is 71.4 Å². The number of likely N-dealkylation sites (N-methyl/N-ethyl adjacent to an activating group) is 1. The van der Waals surface area contributed by atoms with Gasteiger partial charge in [0.05, 0.1) is 0 Å². The summed E-state index contributed by atoms with van der Waals surface area (Å²) in [5, 5.41) is 0. The Morgan fingerprint density at radius 3 is 2.00 bits per heavy atom. The molecule has 1 spiro atoms. The first-order valence-electron chi connectivity index (χ1n) is 8.75. The van der Waals surface area contributed by atoms with Crippen molar-refractivity contribution in [3.63, 3.8) is 0 Å². The van der Waals surface area contributed by atoms with E-state index in [0.29, 0.717) is 5.41 Å². The lowest BCUT2D eigenvalue weighted by atomic mass is 9.71. The molecule has 0 saturated carbocycles. The maximum absolute atomic E-state index is 2.80. The Hall–Kier alpha value is -0.120. The zero-order chi connectivity index (χ0) is 14.2. The molecule has 0 aromatic rings. The Bertz CT molecular complexity index is 310. The highest BCUT2D eigenvalue weighted by molar-refractivity contribution is 4.93. The highest BCUT2D eigenvalue weighted by Gasteiger charge is 2.39. The van der Waals surface area contributed by atoms with E-state index < -0.39 is 0 Å². The molecule has 1 atom stereocenters. The third-order valence-corrected chi connectivity index (χ3v) is 6.33. The van der Waals surface area contributed by atoms with E-state index in [1.807, 2.05) is 0 Å². The molecule has 1 unspecified atom stereocenters. The van der Waals surface area contributed by atoms with Crippen LogP contribution in [0, 0.1) is 5.41 Å². The number of rotatable bonds is 2. The summed E-state index contributed by atoms with van der Waals surface area (Å²) < 4.78 is 0. The average Bonchev–Trinajstić information content (AvgIpc) is 2.87. The first-order valence-corrected chi connectivity index (χ1v) is 8.75. The van der Waals surface area contributed by atoms with Crippen molar-refractivity contribution in [1.29, 1.82) is 0 Å². The van der Waals surface area contributed by atoms with Gasteiger partial charge in [-0.15, -0.1) is 0 Å². The van der Waals surface area contributed by atoms with Crippen LogP contribution in [0.15, 0.2) is 0 Å². The average molecular weight is 279 g/mol. The largest absolute Gasteiger partial charge is 0.305 e. The minimum absolute atomic E-state index is 0.701. The molecule has 3 aliphatic rings. The molecule has 0 N–H and O–H groups in total. The van der Waals surface area contributed by atoms with Crippen molar-refractivity contribution in [2.45, 2.75) is 58.0 Å². The van der Waals surface area contributed by atoms with E-state index in [4.69, 9.17) is 0 Å². The lowest BCUT2D eigenvalue weighted by Crippen LogP contribution is -2.50. The fraction of sp³-hybridized carbons (Fsp3) is 1.00. The maximum atomic E-state index is 2.80. The van der Waals surface area contributed by atoms with Gasteiger partial charge in [0, 0.05) is 18.6 Å². The fourth-order valence-electron chi connectivity index (χ4n) is 4.59. The SMILES string of the molecule is CC(C)N1CCC2(CC1)CCN(C1CCN(C)C1)CC2. The molecular weight excluding hydrogens is 246 g/mol. The van der Waals surface area contributed by atoms with Gasteiger partial charge >= 0.3 is 0 Å². The molecule has 0 radical (unpaired) electrons.